The monoisotopic (exact) mass is 152 g/mol. The topological polar surface area (TPSA) is 17.1 Å². The van der Waals surface area contributed by atoms with Crippen LogP contribution in [0.2, 0.25) is 0 Å². The number of carbonyl (C=O) groups excluding carboxylic acids is 1. The Morgan fingerprint density at radius 1 is 1.64 bits per heavy atom. The first kappa shape index (κ1) is 8.51. The number of hydrogen-bond acceptors (Lipinski definition) is 1. The molecule has 1 heteroatoms. The zero-order valence-corrected chi connectivity index (χ0v) is 7.18. The zero-order valence-electron chi connectivity index (χ0n) is 7.18. The highest BCUT2D eigenvalue weighted by atomic mass is 16.1. The Hall–Kier alpha value is -0.590. The molecule has 0 N–H and O–H groups in total. The molecule has 0 amide bonds. The van der Waals surface area contributed by atoms with Crippen LogP contribution in [0.1, 0.15) is 32.6 Å². The molecule has 0 aromatic carbocycles. The van der Waals surface area contributed by atoms with Crippen LogP contribution < -0.4 is 0 Å². The van der Waals surface area contributed by atoms with Gasteiger partial charge in [0.1, 0.15) is 6.29 Å². The quantitative estimate of drug-likeness (QED) is 0.439. The Kier molecular flexibility index (Phi) is 2.86. The first-order valence-corrected chi connectivity index (χ1v) is 4.38. The predicted molar refractivity (Wildman–Crippen MR) is 46.3 cm³/mol. The van der Waals surface area contributed by atoms with Crippen LogP contribution in [0.4, 0.5) is 0 Å². The minimum absolute atomic E-state index is 0.183. The summed E-state index contributed by atoms with van der Waals surface area (Å²) in [4.78, 5) is 10.5. The van der Waals surface area contributed by atoms with Crippen molar-refractivity contribution in [1.82, 2.24) is 0 Å². The third-order valence-corrected chi connectivity index (χ3v) is 2.64. The first-order valence-electron chi connectivity index (χ1n) is 4.38. The summed E-state index contributed by atoms with van der Waals surface area (Å²) < 4.78 is 0. The fourth-order valence-electron chi connectivity index (χ4n) is 1.84. The van der Waals surface area contributed by atoms with Gasteiger partial charge in [-0.25, -0.2) is 0 Å². The van der Waals surface area contributed by atoms with E-state index in [4.69, 9.17) is 0 Å². The van der Waals surface area contributed by atoms with Crippen molar-refractivity contribution in [2.24, 2.45) is 11.8 Å². The lowest BCUT2D eigenvalue weighted by Gasteiger charge is -2.26. The second kappa shape index (κ2) is 3.70. The number of hydrogen-bond donors (Lipinski definition) is 0. The summed E-state index contributed by atoms with van der Waals surface area (Å²) in [7, 11) is 0. The average molecular weight is 152 g/mol. The maximum atomic E-state index is 10.5. The summed E-state index contributed by atoms with van der Waals surface area (Å²) in [6.07, 6.45) is 5.88. The smallest absolute Gasteiger partial charge is 0.123 e. The van der Waals surface area contributed by atoms with E-state index in [0.717, 1.165) is 12.7 Å². The molecule has 0 saturated heterocycles. The van der Waals surface area contributed by atoms with E-state index in [9.17, 15) is 4.79 Å². The first-order chi connectivity index (χ1) is 5.25. The van der Waals surface area contributed by atoms with E-state index < -0.39 is 0 Å². The molecule has 0 bridgehead atoms. The van der Waals surface area contributed by atoms with Gasteiger partial charge in [-0.3, -0.25) is 0 Å². The van der Waals surface area contributed by atoms with Crippen LogP contribution in [-0.2, 0) is 4.79 Å². The van der Waals surface area contributed by atoms with Crippen molar-refractivity contribution in [3.63, 3.8) is 0 Å². The minimum atomic E-state index is 0.183. The van der Waals surface area contributed by atoms with Gasteiger partial charge in [0.2, 0.25) is 0 Å². The van der Waals surface area contributed by atoms with Gasteiger partial charge in [0, 0.05) is 5.92 Å². The molecule has 62 valence electrons. The molecule has 1 aliphatic carbocycles. The molecule has 0 heterocycles. The van der Waals surface area contributed by atoms with Crippen molar-refractivity contribution in [1.29, 1.82) is 0 Å². The Labute approximate surface area is 68.5 Å². The van der Waals surface area contributed by atoms with E-state index in [1.54, 1.807) is 0 Å². The normalized spacial score (nSPS) is 28.1. The van der Waals surface area contributed by atoms with Gasteiger partial charge in [0.05, 0.1) is 0 Å². The van der Waals surface area contributed by atoms with Crippen molar-refractivity contribution in [3.05, 3.63) is 12.2 Å². The van der Waals surface area contributed by atoms with Gasteiger partial charge in [-0.15, -0.1) is 0 Å². The van der Waals surface area contributed by atoms with Gasteiger partial charge in [-0.2, -0.15) is 0 Å². The Bertz CT molecular complexity index is 160. The largest absolute Gasteiger partial charge is 0.303 e. The molecule has 1 saturated carbocycles. The maximum Gasteiger partial charge on any atom is 0.123 e. The Balaban J connectivity index is 2.53. The summed E-state index contributed by atoms with van der Waals surface area (Å²) in [6, 6.07) is 0. The lowest BCUT2D eigenvalue weighted by atomic mass is 9.78. The molecule has 1 nitrogen and oxygen atoms in total. The molecule has 0 unspecified atom stereocenters. The number of rotatable bonds is 2. The van der Waals surface area contributed by atoms with E-state index >= 15 is 0 Å². The van der Waals surface area contributed by atoms with Crippen LogP contribution >= 0.6 is 0 Å². The molecule has 0 radical (unpaired) electrons. The zero-order chi connectivity index (χ0) is 8.27. The Morgan fingerprint density at radius 2 is 2.36 bits per heavy atom. The molecule has 0 aliphatic heterocycles. The Morgan fingerprint density at radius 3 is 2.91 bits per heavy atom. The van der Waals surface area contributed by atoms with Crippen LogP contribution in [-0.4, -0.2) is 6.29 Å². The van der Waals surface area contributed by atoms with Crippen LogP contribution in [0, 0.1) is 11.8 Å². The molecule has 1 fully saturated rings. The second-order valence-electron chi connectivity index (χ2n) is 3.51. The number of aldehydes is 1. The molecule has 1 rings (SSSR count). The van der Waals surface area contributed by atoms with Gasteiger partial charge in [-0.05, 0) is 25.2 Å². The molecule has 2 atom stereocenters. The van der Waals surface area contributed by atoms with Crippen molar-refractivity contribution in [2.75, 3.05) is 0 Å². The van der Waals surface area contributed by atoms with Crippen molar-refractivity contribution >= 4 is 6.29 Å². The number of carbonyl (C=O) groups is 1. The maximum absolute atomic E-state index is 10.5. The highest BCUT2D eigenvalue weighted by Gasteiger charge is 2.22. The van der Waals surface area contributed by atoms with Crippen LogP contribution in [0.3, 0.4) is 0 Å². The summed E-state index contributed by atoms with van der Waals surface area (Å²) in [6.45, 7) is 6.00. The molecular weight excluding hydrogens is 136 g/mol. The van der Waals surface area contributed by atoms with Gasteiger partial charge >= 0.3 is 0 Å². The molecule has 0 spiro atoms. The predicted octanol–water partition coefficient (Wildman–Crippen LogP) is 2.57. The minimum Gasteiger partial charge on any atom is -0.303 e. The molecule has 0 aromatic rings. The van der Waals surface area contributed by atoms with Gasteiger partial charge in [0.15, 0.2) is 0 Å². The van der Waals surface area contributed by atoms with Crippen LogP contribution in [0.25, 0.3) is 0 Å². The van der Waals surface area contributed by atoms with E-state index in [1.165, 1.54) is 24.8 Å². The summed E-state index contributed by atoms with van der Waals surface area (Å²) in [5, 5.41) is 0. The van der Waals surface area contributed by atoms with Crippen molar-refractivity contribution < 1.29 is 4.79 Å². The van der Waals surface area contributed by atoms with E-state index in [1.807, 2.05) is 6.92 Å². The molecule has 11 heavy (non-hydrogen) atoms. The van der Waals surface area contributed by atoms with E-state index in [2.05, 4.69) is 6.58 Å². The standard InChI is InChI=1S/C10H16O/c1-8-5-3-4-6-10(8)9(2)7-11/h7,9-10H,1,3-6H2,2H3/t9-,10+/m1/s1. The SMILES string of the molecule is C=C1CCCC[C@@H]1[C@H](C)C=O. The third kappa shape index (κ3) is 1.92. The molecular formula is C10H16O. The highest BCUT2D eigenvalue weighted by Crippen LogP contribution is 2.32. The fourth-order valence-corrected chi connectivity index (χ4v) is 1.84. The number of allylic oxidation sites excluding steroid dienone is 1. The van der Waals surface area contributed by atoms with Crippen molar-refractivity contribution in [3.8, 4) is 0 Å². The van der Waals surface area contributed by atoms with Crippen molar-refractivity contribution in [2.45, 2.75) is 32.6 Å². The summed E-state index contributed by atoms with van der Waals surface area (Å²) in [5.41, 5.74) is 1.29. The average Bonchev–Trinajstić information content (AvgIpc) is 2.04. The second-order valence-corrected chi connectivity index (χ2v) is 3.51. The van der Waals surface area contributed by atoms with Crippen LogP contribution in [0.15, 0.2) is 12.2 Å². The molecule has 0 aromatic heterocycles. The fraction of sp³-hybridized carbons (Fsp3) is 0.700. The van der Waals surface area contributed by atoms with Crippen LogP contribution in [0.5, 0.6) is 0 Å². The van der Waals surface area contributed by atoms with Gasteiger partial charge in [-0.1, -0.05) is 25.5 Å². The molecule has 1 aliphatic rings. The van der Waals surface area contributed by atoms with E-state index in [-0.39, 0.29) is 5.92 Å². The van der Waals surface area contributed by atoms with Gasteiger partial charge < -0.3 is 4.79 Å². The summed E-state index contributed by atoms with van der Waals surface area (Å²) >= 11 is 0. The lowest BCUT2D eigenvalue weighted by Crippen LogP contribution is -2.18. The lowest BCUT2D eigenvalue weighted by molar-refractivity contribution is -0.111. The van der Waals surface area contributed by atoms with E-state index in [0.29, 0.717) is 5.92 Å². The summed E-state index contributed by atoms with van der Waals surface area (Å²) in [5.74, 6) is 0.657. The highest BCUT2D eigenvalue weighted by molar-refractivity contribution is 5.54. The van der Waals surface area contributed by atoms with Gasteiger partial charge in [0.25, 0.3) is 0 Å². The third-order valence-electron chi connectivity index (χ3n) is 2.64.